The predicted octanol–water partition coefficient (Wildman–Crippen LogP) is 4.68. The van der Waals surface area contributed by atoms with Gasteiger partial charge in [0.05, 0.1) is 12.5 Å². The molecule has 0 heterocycles. The molecule has 1 radical (unpaired) electrons. The van der Waals surface area contributed by atoms with Gasteiger partial charge in [0.15, 0.2) is 0 Å². The number of aliphatic carboxylic acids is 1. The fraction of sp³-hybridized carbons (Fsp3) is 0.882. The molecule has 1 atom stereocenters. The van der Waals surface area contributed by atoms with Crippen molar-refractivity contribution in [1.29, 1.82) is 0 Å². The first-order chi connectivity index (χ1) is 10.2. The Labute approximate surface area is 134 Å². The molecule has 0 aliphatic heterocycles. The van der Waals surface area contributed by atoms with Crippen molar-refractivity contribution in [3.05, 3.63) is 6.42 Å². The molecule has 0 aromatic carbocycles. The molecule has 0 amide bonds. The fourth-order valence-corrected chi connectivity index (χ4v) is 3.20. The predicted molar refractivity (Wildman–Crippen MR) is 91.7 cm³/mol. The second-order valence-corrected chi connectivity index (χ2v) is 6.84. The number of carboxylic acid groups (broad SMARTS) is 1. The van der Waals surface area contributed by atoms with Crippen LogP contribution in [0.2, 0.25) is 0 Å². The van der Waals surface area contributed by atoms with Crippen molar-refractivity contribution in [2.24, 2.45) is 0 Å². The van der Waals surface area contributed by atoms with Gasteiger partial charge in [-0.25, -0.2) is 0 Å². The first-order valence-electron chi connectivity index (χ1n) is 8.48. The molecule has 0 spiro atoms. The molecule has 0 saturated heterocycles. The van der Waals surface area contributed by atoms with E-state index in [0.717, 1.165) is 12.2 Å². The molecule has 0 aliphatic rings. The minimum Gasteiger partial charge on any atom is -0.481 e. The lowest BCUT2D eigenvalue weighted by atomic mass is 10.1. The molecule has 0 aromatic rings. The fourth-order valence-electron chi connectivity index (χ4n) is 2.22. The summed E-state index contributed by atoms with van der Waals surface area (Å²) < 4.78 is 0. The van der Waals surface area contributed by atoms with Crippen LogP contribution >= 0.6 is 11.8 Å². The highest BCUT2D eigenvalue weighted by atomic mass is 32.2. The molecule has 0 aromatic heterocycles. The zero-order valence-corrected chi connectivity index (χ0v) is 14.4. The van der Waals surface area contributed by atoms with E-state index in [2.05, 4.69) is 6.92 Å². The quantitative estimate of drug-likeness (QED) is 0.406. The van der Waals surface area contributed by atoms with Crippen molar-refractivity contribution in [3.8, 4) is 0 Å². The van der Waals surface area contributed by atoms with Crippen LogP contribution < -0.4 is 0 Å². The lowest BCUT2D eigenvalue weighted by molar-refractivity contribution is -0.133. The molecular formula is C17H33O3S. The Bertz CT molecular complexity index is 234. The first-order valence-corrected chi connectivity index (χ1v) is 9.64. The summed E-state index contributed by atoms with van der Waals surface area (Å²) in [4.78, 5) is 10.3. The molecule has 2 N–H and O–H groups in total. The van der Waals surface area contributed by atoms with E-state index in [1.54, 1.807) is 11.8 Å². The SMILES string of the molecule is CCCCCCCCCCCCSCC(O)C[CH]C(=O)O. The summed E-state index contributed by atoms with van der Waals surface area (Å²) in [5.74, 6) is 0.760. The normalized spacial score (nSPS) is 12.5. The Balaban J connectivity index is 3.10. The van der Waals surface area contributed by atoms with Gasteiger partial charge in [0, 0.05) is 5.75 Å². The van der Waals surface area contributed by atoms with Crippen molar-refractivity contribution >= 4 is 17.7 Å². The number of hydrogen-bond donors (Lipinski definition) is 2. The van der Waals surface area contributed by atoms with Gasteiger partial charge in [-0.3, -0.25) is 4.79 Å². The Morgan fingerprint density at radius 3 is 2.05 bits per heavy atom. The van der Waals surface area contributed by atoms with Gasteiger partial charge in [0.25, 0.3) is 0 Å². The monoisotopic (exact) mass is 317 g/mol. The maximum absolute atomic E-state index is 10.3. The van der Waals surface area contributed by atoms with Gasteiger partial charge in [-0.1, -0.05) is 64.7 Å². The van der Waals surface area contributed by atoms with Crippen LogP contribution in [0.4, 0.5) is 0 Å². The van der Waals surface area contributed by atoms with Crippen LogP contribution in [-0.4, -0.2) is 33.8 Å². The van der Waals surface area contributed by atoms with E-state index in [4.69, 9.17) is 5.11 Å². The number of carbonyl (C=O) groups is 1. The van der Waals surface area contributed by atoms with E-state index < -0.39 is 12.1 Å². The Morgan fingerprint density at radius 1 is 1.00 bits per heavy atom. The number of thioether (sulfide) groups is 1. The molecule has 4 heteroatoms. The van der Waals surface area contributed by atoms with Crippen molar-refractivity contribution < 1.29 is 15.0 Å². The summed E-state index contributed by atoms with van der Waals surface area (Å²) in [6.45, 7) is 2.25. The van der Waals surface area contributed by atoms with Crippen LogP contribution in [0.1, 0.15) is 77.6 Å². The van der Waals surface area contributed by atoms with Crippen molar-refractivity contribution in [3.63, 3.8) is 0 Å². The second-order valence-electron chi connectivity index (χ2n) is 5.69. The van der Waals surface area contributed by atoms with E-state index in [-0.39, 0.29) is 6.42 Å². The van der Waals surface area contributed by atoms with E-state index in [1.165, 1.54) is 64.2 Å². The average molecular weight is 318 g/mol. The number of aliphatic hydroxyl groups excluding tert-OH is 1. The zero-order chi connectivity index (χ0) is 15.8. The summed E-state index contributed by atoms with van der Waals surface area (Å²) in [6, 6.07) is 0. The second kappa shape index (κ2) is 16.2. The van der Waals surface area contributed by atoms with Gasteiger partial charge < -0.3 is 10.2 Å². The molecule has 0 rings (SSSR count). The van der Waals surface area contributed by atoms with Gasteiger partial charge in [0.2, 0.25) is 0 Å². The maximum atomic E-state index is 10.3. The highest BCUT2D eigenvalue weighted by Gasteiger charge is 2.07. The largest absolute Gasteiger partial charge is 0.481 e. The summed E-state index contributed by atoms with van der Waals surface area (Å²) in [6.07, 6.45) is 14.3. The third-order valence-corrected chi connectivity index (χ3v) is 4.71. The average Bonchev–Trinajstić information content (AvgIpc) is 2.46. The molecular weight excluding hydrogens is 284 g/mol. The van der Waals surface area contributed by atoms with Crippen LogP contribution in [0.15, 0.2) is 0 Å². The van der Waals surface area contributed by atoms with Crippen LogP contribution in [0.3, 0.4) is 0 Å². The number of hydrogen-bond acceptors (Lipinski definition) is 3. The third-order valence-electron chi connectivity index (χ3n) is 3.52. The molecule has 21 heavy (non-hydrogen) atoms. The van der Waals surface area contributed by atoms with Gasteiger partial charge >= 0.3 is 5.97 Å². The summed E-state index contributed by atoms with van der Waals surface area (Å²) in [7, 11) is 0. The number of carboxylic acids is 1. The van der Waals surface area contributed by atoms with E-state index >= 15 is 0 Å². The molecule has 0 saturated carbocycles. The van der Waals surface area contributed by atoms with Crippen molar-refractivity contribution in [2.75, 3.05) is 11.5 Å². The highest BCUT2D eigenvalue weighted by molar-refractivity contribution is 7.99. The highest BCUT2D eigenvalue weighted by Crippen LogP contribution is 2.13. The number of unbranched alkanes of at least 4 members (excludes halogenated alkanes) is 9. The lowest BCUT2D eigenvalue weighted by Gasteiger charge is -2.08. The third kappa shape index (κ3) is 17.7. The van der Waals surface area contributed by atoms with Gasteiger partial charge in [-0.05, 0) is 18.6 Å². The molecule has 0 bridgehead atoms. The van der Waals surface area contributed by atoms with Gasteiger partial charge in [-0.2, -0.15) is 11.8 Å². The molecule has 1 unspecified atom stereocenters. The summed E-state index contributed by atoms with van der Waals surface area (Å²) in [5, 5.41) is 18.0. The minimum atomic E-state index is -0.950. The Kier molecular flexibility index (Phi) is 16.0. The van der Waals surface area contributed by atoms with Gasteiger partial charge in [-0.15, -0.1) is 0 Å². The number of aliphatic hydroxyl groups is 1. The number of rotatable bonds is 16. The maximum Gasteiger partial charge on any atom is 0.307 e. The Hall–Kier alpha value is -0.220. The molecule has 3 nitrogen and oxygen atoms in total. The standard InChI is InChI=1S/C17H33O3S/c1-2-3-4-5-6-7-8-9-10-11-14-21-15-16(18)12-13-17(19)20/h13,16,18H,2-12,14-15H2,1H3,(H,19,20). The van der Waals surface area contributed by atoms with Crippen molar-refractivity contribution in [2.45, 2.75) is 83.7 Å². The first kappa shape index (κ1) is 20.8. The van der Waals surface area contributed by atoms with Gasteiger partial charge in [0.1, 0.15) is 0 Å². The molecule has 0 fully saturated rings. The van der Waals surface area contributed by atoms with E-state index in [0.29, 0.717) is 5.75 Å². The smallest absolute Gasteiger partial charge is 0.307 e. The summed E-state index contributed by atoms with van der Waals surface area (Å²) in [5.41, 5.74) is 0. The van der Waals surface area contributed by atoms with Crippen LogP contribution in [0.25, 0.3) is 0 Å². The van der Waals surface area contributed by atoms with E-state index in [9.17, 15) is 9.90 Å². The Morgan fingerprint density at radius 2 is 1.52 bits per heavy atom. The minimum absolute atomic E-state index is 0.250. The van der Waals surface area contributed by atoms with Crippen LogP contribution in [0.5, 0.6) is 0 Å². The zero-order valence-electron chi connectivity index (χ0n) is 13.6. The molecule has 0 aliphatic carbocycles. The summed E-state index contributed by atoms with van der Waals surface area (Å²) >= 11 is 1.73. The van der Waals surface area contributed by atoms with E-state index in [1.807, 2.05) is 0 Å². The molecule has 125 valence electrons. The lowest BCUT2D eigenvalue weighted by Crippen LogP contribution is -2.13. The van der Waals surface area contributed by atoms with Crippen molar-refractivity contribution in [1.82, 2.24) is 0 Å². The topological polar surface area (TPSA) is 57.5 Å². The van der Waals surface area contributed by atoms with Crippen LogP contribution in [0, 0.1) is 6.42 Å². The van der Waals surface area contributed by atoms with Crippen LogP contribution in [-0.2, 0) is 4.79 Å².